The van der Waals surface area contributed by atoms with Gasteiger partial charge in [-0.25, -0.2) is 0 Å². The SMILES string of the molecule is CN(C)c1ccc(-c2nccc3ccccc23)cc1. The Bertz CT molecular complexity index is 695. The van der Waals surface area contributed by atoms with Crippen LogP contribution in [0.15, 0.2) is 60.8 Å². The second-order valence-electron chi connectivity index (χ2n) is 4.82. The van der Waals surface area contributed by atoms with Gasteiger partial charge in [0.1, 0.15) is 0 Å². The van der Waals surface area contributed by atoms with Crippen molar-refractivity contribution in [2.45, 2.75) is 0 Å². The molecule has 0 fully saturated rings. The fourth-order valence-corrected chi connectivity index (χ4v) is 2.27. The minimum Gasteiger partial charge on any atom is -0.378 e. The van der Waals surface area contributed by atoms with Gasteiger partial charge in [0.05, 0.1) is 5.69 Å². The third-order valence-electron chi connectivity index (χ3n) is 3.33. The van der Waals surface area contributed by atoms with E-state index in [0.717, 1.165) is 11.3 Å². The van der Waals surface area contributed by atoms with Crippen molar-refractivity contribution >= 4 is 16.5 Å². The molecule has 1 aromatic heterocycles. The van der Waals surface area contributed by atoms with E-state index < -0.39 is 0 Å². The zero-order chi connectivity index (χ0) is 13.2. The summed E-state index contributed by atoms with van der Waals surface area (Å²) in [5, 5.41) is 2.42. The van der Waals surface area contributed by atoms with Gasteiger partial charge in [-0.3, -0.25) is 4.98 Å². The topological polar surface area (TPSA) is 16.1 Å². The molecule has 0 aliphatic heterocycles. The molecule has 3 aromatic rings. The van der Waals surface area contributed by atoms with Crippen molar-refractivity contribution < 1.29 is 0 Å². The summed E-state index contributed by atoms with van der Waals surface area (Å²) in [5.74, 6) is 0. The van der Waals surface area contributed by atoms with Crippen molar-refractivity contribution in [2.24, 2.45) is 0 Å². The Kier molecular flexibility index (Phi) is 2.92. The summed E-state index contributed by atoms with van der Waals surface area (Å²) >= 11 is 0. The lowest BCUT2D eigenvalue weighted by Crippen LogP contribution is -2.07. The molecule has 0 aliphatic rings. The van der Waals surface area contributed by atoms with Gasteiger partial charge in [-0.15, -0.1) is 0 Å². The summed E-state index contributed by atoms with van der Waals surface area (Å²) in [6.45, 7) is 0. The van der Waals surface area contributed by atoms with Crippen molar-refractivity contribution in [3.63, 3.8) is 0 Å². The minimum absolute atomic E-state index is 1.04. The van der Waals surface area contributed by atoms with Gasteiger partial charge in [-0.05, 0) is 23.6 Å². The maximum Gasteiger partial charge on any atom is 0.0780 e. The van der Waals surface area contributed by atoms with Crippen LogP contribution in [0.3, 0.4) is 0 Å². The predicted molar refractivity (Wildman–Crippen MR) is 81.5 cm³/mol. The van der Waals surface area contributed by atoms with Crippen LogP contribution in [0.4, 0.5) is 5.69 Å². The van der Waals surface area contributed by atoms with Crippen molar-refractivity contribution in [2.75, 3.05) is 19.0 Å². The number of rotatable bonds is 2. The van der Waals surface area contributed by atoms with Crippen molar-refractivity contribution in [3.8, 4) is 11.3 Å². The maximum absolute atomic E-state index is 4.54. The second kappa shape index (κ2) is 4.73. The standard InChI is InChI=1S/C17H16N2/c1-19(2)15-9-7-14(8-10-15)17-16-6-4-3-5-13(16)11-12-18-17/h3-12H,1-2H3. The van der Waals surface area contributed by atoms with Crippen molar-refractivity contribution in [1.29, 1.82) is 0 Å². The molecule has 19 heavy (non-hydrogen) atoms. The first-order valence-corrected chi connectivity index (χ1v) is 6.37. The summed E-state index contributed by atoms with van der Waals surface area (Å²) in [4.78, 5) is 6.64. The van der Waals surface area contributed by atoms with Gasteiger partial charge >= 0.3 is 0 Å². The van der Waals surface area contributed by atoms with Gasteiger partial charge in [0.25, 0.3) is 0 Å². The van der Waals surface area contributed by atoms with Crippen LogP contribution in [0.25, 0.3) is 22.0 Å². The van der Waals surface area contributed by atoms with Crippen LogP contribution >= 0.6 is 0 Å². The highest BCUT2D eigenvalue weighted by Crippen LogP contribution is 2.27. The second-order valence-corrected chi connectivity index (χ2v) is 4.82. The summed E-state index contributed by atoms with van der Waals surface area (Å²) in [7, 11) is 4.09. The quantitative estimate of drug-likeness (QED) is 0.682. The highest BCUT2D eigenvalue weighted by atomic mass is 15.1. The van der Waals surface area contributed by atoms with E-state index in [-0.39, 0.29) is 0 Å². The van der Waals surface area contributed by atoms with Gasteiger partial charge in [-0.1, -0.05) is 36.4 Å². The van der Waals surface area contributed by atoms with E-state index in [9.17, 15) is 0 Å². The molecule has 0 radical (unpaired) electrons. The Balaban J connectivity index is 2.14. The van der Waals surface area contributed by atoms with E-state index in [1.165, 1.54) is 16.5 Å². The normalized spacial score (nSPS) is 10.6. The predicted octanol–water partition coefficient (Wildman–Crippen LogP) is 3.97. The maximum atomic E-state index is 4.54. The van der Waals surface area contributed by atoms with E-state index in [0.29, 0.717) is 0 Å². The molecule has 0 atom stereocenters. The summed E-state index contributed by atoms with van der Waals surface area (Å²) in [6.07, 6.45) is 1.87. The third kappa shape index (κ3) is 2.17. The van der Waals surface area contributed by atoms with Crippen LogP contribution in [0, 0.1) is 0 Å². The Morgan fingerprint density at radius 1 is 0.842 bits per heavy atom. The first-order valence-electron chi connectivity index (χ1n) is 6.37. The fraction of sp³-hybridized carbons (Fsp3) is 0.118. The first-order chi connectivity index (χ1) is 9.25. The molecule has 2 heteroatoms. The monoisotopic (exact) mass is 248 g/mol. The zero-order valence-electron chi connectivity index (χ0n) is 11.2. The molecule has 0 saturated heterocycles. The van der Waals surface area contributed by atoms with E-state index in [2.05, 4.69) is 58.4 Å². The van der Waals surface area contributed by atoms with Crippen LogP contribution in [-0.2, 0) is 0 Å². The number of hydrogen-bond acceptors (Lipinski definition) is 2. The van der Waals surface area contributed by atoms with Gasteiger partial charge in [0, 0.05) is 36.9 Å². The molecule has 0 spiro atoms. The zero-order valence-corrected chi connectivity index (χ0v) is 11.2. The molecular weight excluding hydrogens is 232 g/mol. The van der Waals surface area contributed by atoms with Crippen LogP contribution in [-0.4, -0.2) is 19.1 Å². The largest absolute Gasteiger partial charge is 0.378 e. The Morgan fingerprint density at radius 2 is 1.58 bits per heavy atom. The van der Waals surface area contributed by atoms with Gasteiger partial charge < -0.3 is 4.90 Å². The lowest BCUT2D eigenvalue weighted by molar-refractivity contribution is 1.13. The fourth-order valence-electron chi connectivity index (χ4n) is 2.27. The third-order valence-corrected chi connectivity index (χ3v) is 3.33. The molecular formula is C17H16N2. The highest BCUT2D eigenvalue weighted by molar-refractivity contribution is 5.94. The first kappa shape index (κ1) is 11.7. The average Bonchev–Trinajstić information content (AvgIpc) is 2.47. The molecule has 2 nitrogen and oxygen atoms in total. The van der Waals surface area contributed by atoms with E-state index >= 15 is 0 Å². The van der Waals surface area contributed by atoms with Crippen molar-refractivity contribution in [3.05, 3.63) is 60.8 Å². The smallest absolute Gasteiger partial charge is 0.0780 e. The number of aromatic nitrogens is 1. The molecule has 2 aromatic carbocycles. The minimum atomic E-state index is 1.04. The number of nitrogens with zero attached hydrogens (tertiary/aromatic N) is 2. The Morgan fingerprint density at radius 3 is 2.32 bits per heavy atom. The number of hydrogen-bond donors (Lipinski definition) is 0. The van der Waals surface area contributed by atoms with Gasteiger partial charge in [0.2, 0.25) is 0 Å². The van der Waals surface area contributed by atoms with Gasteiger partial charge in [0.15, 0.2) is 0 Å². The molecule has 0 N–H and O–H groups in total. The summed E-state index contributed by atoms with van der Waals surface area (Å²) < 4.78 is 0. The summed E-state index contributed by atoms with van der Waals surface area (Å²) in [6, 6.07) is 18.9. The number of fused-ring (bicyclic) bond motifs is 1. The molecule has 0 bridgehead atoms. The van der Waals surface area contributed by atoms with Crippen LogP contribution in [0.1, 0.15) is 0 Å². The number of benzene rings is 2. The Labute approximate surface area is 113 Å². The lowest BCUT2D eigenvalue weighted by Gasteiger charge is -2.13. The van der Waals surface area contributed by atoms with E-state index in [1.54, 1.807) is 0 Å². The van der Waals surface area contributed by atoms with E-state index in [4.69, 9.17) is 0 Å². The van der Waals surface area contributed by atoms with Crippen LogP contribution in [0.5, 0.6) is 0 Å². The molecule has 0 saturated carbocycles. The lowest BCUT2D eigenvalue weighted by atomic mass is 10.0. The van der Waals surface area contributed by atoms with Crippen LogP contribution < -0.4 is 4.90 Å². The molecule has 3 rings (SSSR count). The highest BCUT2D eigenvalue weighted by Gasteiger charge is 2.05. The summed E-state index contributed by atoms with van der Waals surface area (Å²) in [5.41, 5.74) is 3.40. The molecule has 0 unspecified atom stereocenters. The van der Waals surface area contributed by atoms with E-state index in [1.807, 2.05) is 26.4 Å². The number of anilines is 1. The molecule has 94 valence electrons. The van der Waals surface area contributed by atoms with Crippen molar-refractivity contribution in [1.82, 2.24) is 4.98 Å². The average molecular weight is 248 g/mol. The van der Waals surface area contributed by atoms with Gasteiger partial charge in [-0.2, -0.15) is 0 Å². The van der Waals surface area contributed by atoms with Crippen LogP contribution in [0.2, 0.25) is 0 Å². The number of pyridine rings is 1. The molecule has 0 amide bonds. The Hall–Kier alpha value is -2.35. The molecule has 1 heterocycles. The molecule has 0 aliphatic carbocycles.